The lowest BCUT2D eigenvalue weighted by molar-refractivity contribution is 0.440. The summed E-state index contributed by atoms with van der Waals surface area (Å²) in [5.41, 5.74) is 14.3. The molecule has 0 aromatic heterocycles. The van der Waals surface area contributed by atoms with Crippen molar-refractivity contribution in [2.24, 2.45) is 0 Å². The largest absolute Gasteiger partial charge is 0.453 e. The number of fused-ring (bicyclic) bond motifs is 4. The van der Waals surface area contributed by atoms with E-state index >= 15 is 0 Å². The molecule has 0 amide bonds. The first-order valence-electron chi connectivity index (χ1n) is 22.3. The Kier molecular flexibility index (Phi) is 9.71. The number of anilines is 6. The van der Waals surface area contributed by atoms with Crippen LogP contribution in [-0.4, -0.2) is 0 Å². The smallest absolute Gasteiger partial charge is 0.151 e. The van der Waals surface area contributed by atoms with Gasteiger partial charge in [0.25, 0.3) is 0 Å². The van der Waals surface area contributed by atoms with Crippen molar-refractivity contribution >= 4 is 34.1 Å². The third-order valence-electron chi connectivity index (χ3n) is 13.4. The fourth-order valence-corrected chi connectivity index (χ4v) is 10.8. The Balaban J connectivity index is 1.42. The number of nitrogens with zero attached hydrogens (tertiary/aromatic N) is 4. The van der Waals surface area contributed by atoms with Crippen molar-refractivity contribution in [1.82, 2.24) is 0 Å². The van der Waals surface area contributed by atoms with Crippen molar-refractivity contribution in [2.75, 3.05) is 9.80 Å². The highest BCUT2D eigenvalue weighted by Crippen LogP contribution is 2.64. The molecule has 0 spiro atoms. The van der Waals surface area contributed by atoms with Gasteiger partial charge in [0.05, 0.1) is 57.4 Å². The van der Waals surface area contributed by atoms with Gasteiger partial charge in [-0.25, -0.2) is 0 Å². The molecule has 2 aliphatic carbocycles. The van der Waals surface area contributed by atoms with Gasteiger partial charge in [0.2, 0.25) is 0 Å². The summed E-state index contributed by atoms with van der Waals surface area (Å²) in [5.74, 6) is 3.56. The van der Waals surface area contributed by atoms with Crippen LogP contribution >= 0.6 is 0 Å². The molecular weight excluding hydrogens is 761 g/mol. The number of rotatable bonds is 6. The highest BCUT2D eigenvalue weighted by atomic mass is 16.5. The summed E-state index contributed by atoms with van der Waals surface area (Å²) in [7, 11) is 0. The van der Waals surface area contributed by atoms with Gasteiger partial charge in [-0.2, -0.15) is 10.5 Å². The van der Waals surface area contributed by atoms with E-state index < -0.39 is 0 Å². The molecular formula is C56H46N4O2. The summed E-state index contributed by atoms with van der Waals surface area (Å²) >= 11 is 0. The summed E-state index contributed by atoms with van der Waals surface area (Å²) in [4.78, 5) is 4.99. The Hall–Kier alpha value is -7.28. The zero-order chi connectivity index (χ0) is 41.6. The SMILES string of the molecule is N#Cc1cccc(-c2c(C3CCCCC3)c(-c3cccc(C#N)c3)c(N3c4ccccc4Oc4ccccc43)c(C3CCCCC3)c2N2c3ccccc3Oc3ccccc32)c1. The minimum absolute atomic E-state index is 0.175. The van der Waals surface area contributed by atoms with E-state index in [9.17, 15) is 10.5 Å². The first kappa shape index (κ1) is 37.7. The highest BCUT2D eigenvalue weighted by Gasteiger charge is 2.41. The van der Waals surface area contributed by atoms with E-state index in [1.165, 1.54) is 24.0 Å². The van der Waals surface area contributed by atoms with Crippen LogP contribution in [-0.2, 0) is 0 Å². The van der Waals surface area contributed by atoms with Gasteiger partial charge in [0, 0.05) is 16.7 Å². The molecule has 0 saturated heterocycles. The van der Waals surface area contributed by atoms with Crippen molar-refractivity contribution in [2.45, 2.75) is 76.0 Å². The lowest BCUT2D eigenvalue weighted by Crippen LogP contribution is -2.26. The van der Waals surface area contributed by atoms with Crippen LogP contribution in [0.4, 0.5) is 34.1 Å². The number of hydrogen-bond acceptors (Lipinski definition) is 6. The van der Waals surface area contributed by atoms with Gasteiger partial charge in [0.1, 0.15) is 0 Å². The van der Waals surface area contributed by atoms with Crippen molar-refractivity contribution < 1.29 is 9.47 Å². The number of benzene rings is 7. The van der Waals surface area contributed by atoms with Crippen LogP contribution in [0, 0.1) is 22.7 Å². The van der Waals surface area contributed by atoms with Gasteiger partial charge in [-0.3, -0.25) is 0 Å². The molecule has 2 heterocycles. The summed E-state index contributed by atoms with van der Waals surface area (Å²) in [6.07, 6.45) is 11.0. The zero-order valence-corrected chi connectivity index (χ0v) is 34.7. The topological polar surface area (TPSA) is 72.5 Å². The monoisotopic (exact) mass is 806 g/mol. The zero-order valence-electron chi connectivity index (χ0n) is 34.7. The van der Waals surface area contributed by atoms with E-state index in [1.807, 2.05) is 24.3 Å². The first-order valence-corrected chi connectivity index (χ1v) is 22.3. The Labute approximate surface area is 363 Å². The Bertz CT molecular complexity index is 2670. The van der Waals surface area contributed by atoms with Crippen LogP contribution in [0.1, 0.15) is 98.3 Å². The molecule has 2 fully saturated rings. The molecule has 0 bridgehead atoms. The van der Waals surface area contributed by atoms with Crippen molar-refractivity contribution in [3.63, 3.8) is 0 Å². The van der Waals surface area contributed by atoms with E-state index in [1.54, 1.807) is 0 Å². The second kappa shape index (κ2) is 16.0. The molecule has 0 unspecified atom stereocenters. The van der Waals surface area contributed by atoms with Crippen LogP contribution in [0.25, 0.3) is 22.3 Å². The summed E-state index contributed by atoms with van der Waals surface area (Å²) in [6, 6.07) is 55.2. The number of hydrogen-bond donors (Lipinski definition) is 0. The third kappa shape index (κ3) is 6.38. The lowest BCUT2D eigenvalue weighted by atomic mass is 9.71. The van der Waals surface area contributed by atoms with Crippen LogP contribution < -0.4 is 19.3 Å². The van der Waals surface area contributed by atoms with Gasteiger partial charge in [0.15, 0.2) is 23.0 Å². The molecule has 7 aromatic rings. The highest BCUT2D eigenvalue weighted by molar-refractivity contribution is 6.07. The van der Waals surface area contributed by atoms with E-state index in [2.05, 4.69) is 143 Å². The van der Waals surface area contributed by atoms with E-state index in [-0.39, 0.29) is 11.8 Å². The average molecular weight is 807 g/mol. The molecule has 2 saturated carbocycles. The summed E-state index contributed by atoms with van der Waals surface area (Å²) in [5, 5.41) is 21.1. The molecule has 0 radical (unpaired) electrons. The molecule has 302 valence electrons. The normalized spacial score (nSPS) is 15.8. The van der Waals surface area contributed by atoms with Crippen LogP contribution in [0.3, 0.4) is 0 Å². The summed E-state index contributed by atoms with van der Waals surface area (Å²) < 4.78 is 13.5. The molecule has 0 atom stereocenters. The van der Waals surface area contributed by atoms with Crippen molar-refractivity contribution in [3.05, 3.63) is 168 Å². The predicted molar refractivity (Wildman–Crippen MR) is 248 cm³/mol. The Morgan fingerprint density at radius 3 is 1.13 bits per heavy atom. The third-order valence-corrected chi connectivity index (χ3v) is 13.4. The maximum atomic E-state index is 10.5. The van der Waals surface area contributed by atoms with Crippen LogP contribution in [0.2, 0.25) is 0 Å². The van der Waals surface area contributed by atoms with Gasteiger partial charge in [-0.1, -0.05) is 111 Å². The second-order valence-corrected chi connectivity index (χ2v) is 17.1. The standard InChI is InChI=1S/C56H46N4O2/c57-35-37-17-15-23-41(33-37)52-51(39-19-3-1-4-20-39)53(42-24-16-18-38(34-42)36-58)56(60-45-27-9-13-31-49(45)62-50-32-14-10-28-46(50)60)54(40-21-5-2-6-22-40)55(52)59-43-25-7-11-29-47(43)61-48-30-12-8-26-44(48)59/h7-18,23-34,39-40H,1-6,19-22H2. The van der Waals surface area contributed by atoms with Crippen molar-refractivity contribution in [3.8, 4) is 57.4 Å². The van der Waals surface area contributed by atoms with Crippen LogP contribution in [0.15, 0.2) is 146 Å². The fraction of sp³-hybridized carbons (Fsp3) is 0.214. The Morgan fingerprint density at radius 1 is 0.403 bits per heavy atom. The number of nitriles is 2. The summed E-state index contributed by atoms with van der Waals surface area (Å²) in [6.45, 7) is 0. The lowest BCUT2D eigenvalue weighted by Gasteiger charge is -2.44. The molecule has 62 heavy (non-hydrogen) atoms. The van der Waals surface area contributed by atoms with E-state index in [4.69, 9.17) is 9.47 Å². The predicted octanol–water partition coefficient (Wildman–Crippen LogP) is 16.0. The minimum atomic E-state index is 0.175. The second-order valence-electron chi connectivity index (χ2n) is 17.1. The molecule has 7 aromatic carbocycles. The maximum absolute atomic E-state index is 10.5. The van der Waals surface area contributed by atoms with E-state index in [0.717, 1.165) is 131 Å². The quantitative estimate of drug-likeness (QED) is 0.167. The molecule has 6 heteroatoms. The number of ether oxygens (including phenoxy) is 2. The average Bonchev–Trinajstić information content (AvgIpc) is 3.34. The van der Waals surface area contributed by atoms with Gasteiger partial charge >= 0.3 is 0 Å². The van der Waals surface area contributed by atoms with Gasteiger partial charge < -0.3 is 19.3 Å². The first-order chi connectivity index (χ1) is 30.7. The molecule has 4 aliphatic rings. The van der Waals surface area contributed by atoms with Gasteiger partial charge in [-0.05, 0) is 127 Å². The van der Waals surface area contributed by atoms with Crippen molar-refractivity contribution in [1.29, 1.82) is 10.5 Å². The van der Waals surface area contributed by atoms with Gasteiger partial charge in [-0.15, -0.1) is 0 Å². The molecule has 0 N–H and O–H groups in total. The fourth-order valence-electron chi connectivity index (χ4n) is 10.8. The maximum Gasteiger partial charge on any atom is 0.151 e. The Morgan fingerprint density at radius 2 is 0.758 bits per heavy atom. The molecule has 6 nitrogen and oxygen atoms in total. The molecule has 11 rings (SSSR count). The van der Waals surface area contributed by atoms with E-state index in [0.29, 0.717) is 11.1 Å². The molecule has 2 aliphatic heterocycles. The number of para-hydroxylation sites is 8. The minimum Gasteiger partial charge on any atom is -0.453 e. The van der Waals surface area contributed by atoms with Crippen LogP contribution in [0.5, 0.6) is 23.0 Å².